The van der Waals surface area contributed by atoms with Gasteiger partial charge in [-0.25, -0.2) is 4.79 Å². The Hall–Kier alpha value is -3.02. The van der Waals surface area contributed by atoms with Gasteiger partial charge in [-0.3, -0.25) is 14.9 Å². The summed E-state index contributed by atoms with van der Waals surface area (Å²) in [6.45, 7) is 1.96. The molecule has 0 aliphatic rings. The largest absolute Gasteiger partial charge is 0.462 e. The number of nitrogens with zero attached hydrogens (tertiary/aromatic N) is 1. The number of ketones is 1. The molecule has 0 unspecified atom stereocenters. The Kier molecular flexibility index (Phi) is 5.78. The number of carbonyl (C=O) groups excluding carboxylic acids is 2. The maximum Gasteiger partial charge on any atom is 0.338 e. The second-order valence-corrected chi connectivity index (χ2v) is 5.16. The Labute approximate surface area is 139 Å². The number of para-hydroxylation sites is 1. The lowest BCUT2D eigenvalue weighted by atomic mass is 9.98. The summed E-state index contributed by atoms with van der Waals surface area (Å²) in [5.41, 5.74) is 1.18. The van der Waals surface area contributed by atoms with Crippen LogP contribution in [0.4, 0.5) is 5.69 Å². The molecule has 0 bridgehead atoms. The average molecular weight is 327 g/mol. The number of carbonyl (C=O) groups is 2. The van der Waals surface area contributed by atoms with E-state index < -0.39 is 10.9 Å². The molecule has 0 aromatic heterocycles. The van der Waals surface area contributed by atoms with Crippen LogP contribution in [0, 0.1) is 10.1 Å². The summed E-state index contributed by atoms with van der Waals surface area (Å²) >= 11 is 0. The van der Waals surface area contributed by atoms with Crippen molar-refractivity contribution in [2.45, 2.75) is 19.8 Å². The topological polar surface area (TPSA) is 86.5 Å². The summed E-state index contributed by atoms with van der Waals surface area (Å²) in [4.78, 5) is 34.7. The highest BCUT2D eigenvalue weighted by atomic mass is 16.6. The Morgan fingerprint density at radius 2 is 1.58 bits per heavy atom. The van der Waals surface area contributed by atoms with Crippen LogP contribution in [0.1, 0.15) is 28.4 Å². The van der Waals surface area contributed by atoms with Gasteiger partial charge in [0, 0.05) is 24.5 Å². The second kappa shape index (κ2) is 8.01. The summed E-state index contributed by atoms with van der Waals surface area (Å²) < 4.78 is 4.98. The van der Waals surface area contributed by atoms with Crippen molar-refractivity contribution in [3.05, 3.63) is 75.3 Å². The lowest BCUT2D eigenvalue weighted by Crippen LogP contribution is -2.13. The highest BCUT2D eigenvalue weighted by Crippen LogP contribution is 2.19. The van der Waals surface area contributed by atoms with Gasteiger partial charge in [0.05, 0.1) is 17.1 Å². The van der Waals surface area contributed by atoms with Crippen molar-refractivity contribution >= 4 is 17.4 Å². The van der Waals surface area contributed by atoms with Crippen LogP contribution >= 0.6 is 0 Å². The molecule has 0 fully saturated rings. The van der Waals surface area contributed by atoms with Crippen molar-refractivity contribution in [2.24, 2.45) is 0 Å². The molecule has 0 heterocycles. The van der Waals surface area contributed by atoms with Crippen LogP contribution in [-0.4, -0.2) is 23.3 Å². The van der Waals surface area contributed by atoms with Crippen molar-refractivity contribution in [3.63, 3.8) is 0 Å². The van der Waals surface area contributed by atoms with E-state index in [1.54, 1.807) is 49.4 Å². The van der Waals surface area contributed by atoms with E-state index in [2.05, 4.69) is 0 Å². The van der Waals surface area contributed by atoms with E-state index in [-0.39, 0.29) is 30.9 Å². The van der Waals surface area contributed by atoms with Gasteiger partial charge in [-0.2, -0.15) is 0 Å². The third kappa shape index (κ3) is 4.25. The summed E-state index contributed by atoms with van der Waals surface area (Å²) in [5.74, 6) is -0.687. The van der Waals surface area contributed by atoms with Crippen molar-refractivity contribution < 1.29 is 19.2 Å². The molecule has 2 rings (SSSR count). The number of benzene rings is 2. The fourth-order valence-electron chi connectivity index (χ4n) is 2.41. The molecule has 2 aromatic rings. The van der Waals surface area contributed by atoms with Crippen molar-refractivity contribution in [1.29, 1.82) is 0 Å². The van der Waals surface area contributed by atoms with Gasteiger partial charge in [0.1, 0.15) is 5.78 Å². The zero-order valence-electron chi connectivity index (χ0n) is 13.2. The number of hydrogen-bond acceptors (Lipinski definition) is 5. The molecular formula is C18H17NO5. The third-order valence-corrected chi connectivity index (χ3v) is 3.48. The Morgan fingerprint density at radius 3 is 2.25 bits per heavy atom. The number of hydrogen-bond donors (Lipinski definition) is 0. The molecule has 0 atom stereocenters. The highest BCUT2D eigenvalue weighted by Gasteiger charge is 2.18. The molecule has 6 nitrogen and oxygen atoms in total. The van der Waals surface area contributed by atoms with Gasteiger partial charge in [0.25, 0.3) is 5.69 Å². The smallest absolute Gasteiger partial charge is 0.338 e. The molecular weight excluding hydrogens is 310 g/mol. The van der Waals surface area contributed by atoms with Gasteiger partial charge < -0.3 is 4.74 Å². The number of nitro benzene ring substituents is 1. The van der Waals surface area contributed by atoms with E-state index in [1.165, 1.54) is 6.07 Å². The monoisotopic (exact) mass is 327 g/mol. The van der Waals surface area contributed by atoms with Crippen LogP contribution in [-0.2, 0) is 22.4 Å². The molecule has 0 N–H and O–H groups in total. The number of ether oxygens (including phenoxy) is 1. The average Bonchev–Trinajstić information content (AvgIpc) is 2.55. The fraction of sp³-hybridized carbons (Fsp3) is 0.222. The molecule has 0 saturated carbocycles. The van der Waals surface area contributed by atoms with E-state index in [0.717, 1.165) is 0 Å². The van der Waals surface area contributed by atoms with Crippen LogP contribution in [0.3, 0.4) is 0 Å². The fourth-order valence-corrected chi connectivity index (χ4v) is 2.41. The molecule has 6 heteroatoms. The first-order chi connectivity index (χ1) is 11.5. The quantitative estimate of drug-likeness (QED) is 0.443. The van der Waals surface area contributed by atoms with Gasteiger partial charge in [-0.05, 0) is 18.6 Å². The molecule has 0 aliphatic carbocycles. The van der Waals surface area contributed by atoms with E-state index in [1.807, 2.05) is 0 Å². The summed E-state index contributed by atoms with van der Waals surface area (Å²) in [6.07, 6.45) is -0.0463. The van der Waals surface area contributed by atoms with Crippen LogP contribution in [0.25, 0.3) is 0 Å². The van der Waals surface area contributed by atoms with Gasteiger partial charge in [-0.15, -0.1) is 0 Å². The minimum absolute atomic E-state index is 0.0149. The first kappa shape index (κ1) is 17.3. The minimum atomic E-state index is -0.505. The van der Waals surface area contributed by atoms with Gasteiger partial charge in [0.2, 0.25) is 0 Å². The predicted octanol–water partition coefficient (Wildman–Crippen LogP) is 3.13. The SMILES string of the molecule is CCOC(=O)c1ccccc1CC(=O)Cc1ccccc1[N+](=O)[O-]. The summed E-state index contributed by atoms with van der Waals surface area (Å²) in [6, 6.07) is 12.9. The first-order valence-electron chi connectivity index (χ1n) is 7.52. The lowest BCUT2D eigenvalue weighted by Gasteiger charge is -2.08. The molecule has 2 aromatic carbocycles. The number of nitro groups is 1. The zero-order valence-corrected chi connectivity index (χ0v) is 13.2. The molecule has 0 aliphatic heterocycles. The summed E-state index contributed by atoms with van der Waals surface area (Å²) in [7, 11) is 0. The molecule has 124 valence electrons. The predicted molar refractivity (Wildman–Crippen MR) is 87.9 cm³/mol. The Morgan fingerprint density at radius 1 is 1.00 bits per heavy atom. The molecule has 0 saturated heterocycles. The van der Waals surface area contributed by atoms with Crippen molar-refractivity contribution in [2.75, 3.05) is 6.61 Å². The minimum Gasteiger partial charge on any atom is -0.462 e. The van der Waals surface area contributed by atoms with E-state index in [9.17, 15) is 19.7 Å². The molecule has 0 spiro atoms. The number of rotatable bonds is 7. The van der Waals surface area contributed by atoms with Crippen LogP contribution in [0.15, 0.2) is 48.5 Å². The standard InChI is InChI=1S/C18H17NO5/c1-2-24-18(21)16-9-5-3-7-13(16)11-15(20)12-14-8-4-6-10-17(14)19(22)23/h3-10H,2,11-12H2,1H3. The molecule has 0 amide bonds. The maximum atomic E-state index is 12.3. The zero-order chi connectivity index (χ0) is 17.5. The maximum absolute atomic E-state index is 12.3. The van der Waals surface area contributed by atoms with Gasteiger partial charge in [0.15, 0.2) is 0 Å². The van der Waals surface area contributed by atoms with Gasteiger partial charge in [-0.1, -0.05) is 36.4 Å². The van der Waals surface area contributed by atoms with Gasteiger partial charge >= 0.3 is 5.97 Å². The normalized spacial score (nSPS) is 10.2. The lowest BCUT2D eigenvalue weighted by molar-refractivity contribution is -0.385. The van der Waals surface area contributed by atoms with Crippen LogP contribution in [0.2, 0.25) is 0 Å². The van der Waals surface area contributed by atoms with E-state index in [4.69, 9.17) is 4.74 Å². The first-order valence-corrected chi connectivity index (χ1v) is 7.52. The Balaban J connectivity index is 2.17. The third-order valence-electron chi connectivity index (χ3n) is 3.48. The van der Waals surface area contributed by atoms with Crippen LogP contribution in [0.5, 0.6) is 0 Å². The molecule has 0 radical (unpaired) electrons. The van der Waals surface area contributed by atoms with Crippen LogP contribution < -0.4 is 0 Å². The van der Waals surface area contributed by atoms with Crippen molar-refractivity contribution in [3.8, 4) is 0 Å². The summed E-state index contributed by atoms with van der Waals surface area (Å²) in [5, 5.41) is 11.0. The van der Waals surface area contributed by atoms with Crippen molar-refractivity contribution in [1.82, 2.24) is 0 Å². The van der Waals surface area contributed by atoms with E-state index >= 15 is 0 Å². The second-order valence-electron chi connectivity index (χ2n) is 5.16. The number of esters is 1. The molecule has 24 heavy (non-hydrogen) atoms. The highest BCUT2D eigenvalue weighted by molar-refractivity contribution is 5.93. The van der Waals surface area contributed by atoms with E-state index in [0.29, 0.717) is 16.7 Å². The number of Topliss-reactive ketones (excluding diaryl/α,β-unsaturated/α-hetero) is 1. The Bertz CT molecular complexity index is 770.